The van der Waals surface area contributed by atoms with Crippen LogP contribution in [0.2, 0.25) is 0 Å². The van der Waals surface area contributed by atoms with Gasteiger partial charge in [0.25, 0.3) is 0 Å². The Morgan fingerprint density at radius 3 is 2.38 bits per heavy atom. The molecule has 2 aliphatic rings. The lowest BCUT2D eigenvalue weighted by Gasteiger charge is -2.40. The maximum Gasteiger partial charge on any atom is 0.0120 e. The van der Waals surface area contributed by atoms with Gasteiger partial charge in [0.15, 0.2) is 0 Å². The highest BCUT2D eigenvalue weighted by atomic mass is 15.1. The summed E-state index contributed by atoms with van der Waals surface area (Å²) in [4.78, 5) is 2.62. The molecule has 0 radical (unpaired) electrons. The Labute approximate surface area is 82.5 Å². The zero-order valence-corrected chi connectivity index (χ0v) is 8.97. The highest BCUT2D eigenvalue weighted by Gasteiger charge is 2.28. The zero-order valence-electron chi connectivity index (χ0n) is 8.97. The number of hydrogen-bond donors (Lipinski definition) is 0. The monoisotopic (exact) mass is 181 g/mol. The number of rotatable bonds is 0. The van der Waals surface area contributed by atoms with Crippen molar-refractivity contribution in [2.45, 2.75) is 57.4 Å². The van der Waals surface area contributed by atoms with Gasteiger partial charge in [0.1, 0.15) is 0 Å². The molecule has 76 valence electrons. The van der Waals surface area contributed by atoms with Crippen LogP contribution in [0.25, 0.3) is 0 Å². The molecule has 0 aromatic heterocycles. The summed E-state index contributed by atoms with van der Waals surface area (Å²) in [6, 6.07) is 0.939. The Morgan fingerprint density at radius 2 is 1.54 bits per heavy atom. The van der Waals surface area contributed by atoms with Crippen molar-refractivity contribution >= 4 is 0 Å². The first kappa shape index (κ1) is 9.51. The molecule has 2 unspecified atom stereocenters. The zero-order chi connectivity index (χ0) is 9.10. The van der Waals surface area contributed by atoms with Crippen molar-refractivity contribution in [3.63, 3.8) is 0 Å². The van der Waals surface area contributed by atoms with Gasteiger partial charge in [-0.15, -0.1) is 0 Å². The third-order valence-corrected chi connectivity index (χ3v) is 4.02. The molecule has 0 amide bonds. The number of likely N-dealkylation sites (tertiary alicyclic amines) is 1. The summed E-state index contributed by atoms with van der Waals surface area (Å²) in [5.74, 6) is 1.04. The summed E-state index contributed by atoms with van der Waals surface area (Å²) in [5, 5.41) is 0. The predicted octanol–water partition coefficient (Wildman–Crippen LogP) is 3.05. The van der Waals surface area contributed by atoms with Gasteiger partial charge in [-0.05, 0) is 45.2 Å². The number of piperidine rings is 1. The van der Waals surface area contributed by atoms with Crippen LogP contribution >= 0.6 is 0 Å². The normalized spacial score (nSPS) is 37.6. The van der Waals surface area contributed by atoms with E-state index < -0.39 is 0 Å². The van der Waals surface area contributed by atoms with Crippen LogP contribution in [0.1, 0.15) is 51.4 Å². The van der Waals surface area contributed by atoms with Gasteiger partial charge in [0, 0.05) is 6.04 Å². The molecule has 0 aromatic carbocycles. The lowest BCUT2D eigenvalue weighted by atomic mass is 9.81. The van der Waals surface area contributed by atoms with Crippen LogP contribution in [0.4, 0.5) is 0 Å². The average molecular weight is 181 g/mol. The lowest BCUT2D eigenvalue weighted by molar-refractivity contribution is 0.0972. The Kier molecular flexibility index (Phi) is 3.26. The quantitative estimate of drug-likeness (QED) is 0.555. The fourth-order valence-corrected chi connectivity index (χ4v) is 3.23. The van der Waals surface area contributed by atoms with E-state index in [0.29, 0.717) is 0 Å². The van der Waals surface area contributed by atoms with Gasteiger partial charge in [-0.3, -0.25) is 0 Å². The van der Waals surface area contributed by atoms with Crippen molar-refractivity contribution in [2.75, 3.05) is 13.6 Å². The topological polar surface area (TPSA) is 3.24 Å². The van der Waals surface area contributed by atoms with Crippen LogP contribution in [-0.2, 0) is 0 Å². The van der Waals surface area contributed by atoms with E-state index >= 15 is 0 Å². The van der Waals surface area contributed by atoms with E-state index in [0.717, 1.165) is 12.0 Å². The second kappa shape index (κ2) is 4.45. The van der Waals surface area contributed by atoms with E-state index in [-0.39, 0.29) is 0 Å². The van der Waals surface area contributed by atoms with Gasteiger partial charge >= 0.3 is 0 Å². The van der Waals surface area contributed by atoms with Crippen LogP contribution in [0.15, 0.2) is 0 Å². The first-order chi connectivity index (χ1) is 6.38. The molecule has 2 fully saturated rings. The molecule has 1 nitrogen and oxygen atoms in total. The smallest absolute Gasteiger partial charge is 0.0120 e. The second-order valence-electron chi connectivity index (χ2n) is 4.94. The summed E-state index contributed by atoms with van der Waals surface area (Å²) >= 11 is 0. The van der Waals surface area contributed by atoms with Gasteiger partial charge in [0.2, 0.25) is 0 Å². The molecular formula is C12H23N. The Balaban J connectivity index is 1.96. The largest absolute Gasteiger partial charge is 0.303 e. The highest BCUT2D eigenvalue weighted by molar-refractivity contribution is 4.83. The molecule has 0 N–H and O–H groups in total. The Morgan fingerprint density at radius 1 is 0.846 bits per heavy atom. The standard InChI is InChI=1S/C12H23N/c1-13-10-6-8-11-7-4-2-3-5-9-12(11)13/h11-12H,2-10H2,1H3. The molecular weight excluding hydrogens is 158 g/mol. The van der Waals surface area contributed by atoms with Gasteiger partial charge in [-0.2, -0.15) is 0 Å². The molecule has 0 bridgehead atoms. The minimum Gasteiger partial charge on any atom is -0.303 e. The SMILES string of the molecule is CN1CCCC2CCCCCCC21. The number of fused-ring (bicyclic) bond motifs is 1. The lowest BCUT2D eigenvalue weighted by Crippen LogP contribution is -2.43. The van der Waals surface area contributed by atoms with E-state index in [4.69, 9.17) is 0 Å². The molecule has 13 heavy (non-hydrogen) atoms. The highest BCUT2D eigenvalue weighted by Crippen LogP contribution is 2.32. The van der Waals surface area contributed by atoms with E-state index in [2.05, 4.69) is 11.9 Å². The predicted molar refractivity (Wildman–Crippen MR) is 56.8 cm³/mol. The Hall–Kier alpha value is -0.0400. The van der Waals surface area contributed by atoms with Crippen molar-refractivity contribution in [1.82, 2.24) is 4.90 Å². The molecule has 1 saturated heterocycles. The molecule has 0 aromatic rings. The molecule has 1 heterocycles. The van der Waals surface area contributed by atoms with Crippen LogP contribution in [-0.4, -0.2) is 24.5 Å². The van der Waals surface area contributed by atoms with Crippen LogP contribution < -0.4 is 0 Å². The van der Waals surface area contributed by atoms with E-state index in [1.54, 1.807) is 0 Å². The fraction of sp³-hybridized carbons (Fsp3) is 1.00. The minimum absolute atomic E-state index is 0.939. The first-order valence-corrected chi connectivity index (χ1v) is 6.08. The fourth-order valence-electron chi connectivity index (χ4n) is 3.23. The summed E-state index contributed by atoms with van der Waals surface area (Å²) < 4.78 is 0. The third-order valence-electron chi connectivity index (χ3n) is 4.02. The first-order valence-electron chi connectivity index (χ1n) is 6.08. The van der Waals surface area contributed by atoms with Crippen molar-refractivity contribution in [2.24, 2.45) is 5.92 Å². The molecule has 1 saturated carbocycles. The van der Waals surface area contributed by atoms with Gasteiger partial charge in [0.05, 0.1) is 0 Å². The summed E-state index contributed by atoms with van der Waals surface area (Å²) in [6.07, 6.45) is 11.9. The maximum atomic E-state index is 2.62. The number of hydrogen-bond acceptors (Lipinski definition) is 1. The van der Waals surface area contributed by atoms with Crippen LogP contribution in [0, 0.1) is 5.92 Å². The van der Waals surface area contributed by atoms with Crippen LogP contribution in [0.3, 0.4) is 0 Å². The summed E-state index contributed by atoms with van der Waals surface area (Å²) in [5.41, 5.74) is 0. The van der Waals surface area contributed by atoms with E-state index in [1.807, 2.05) is 0 Å². The molecule has 0 spiro atoms. The van der Waals surface area contributed by atoms with E-state index in [1.165, 1.54) is 57.9 Å². The maximum absolute atomic E-state index is 2.62. The molecule has 1 aliphatic carbocycles. The van der Waals surface area contributed by atoms with Gasteiger partial charge in [-0.1, -0.05) is 25.7 Å². The van der Waals surface area contributed by atoms with Crippen molar-refractivity contribution in [3.8, 4) is 0 Å². The summed E-state index contributed by atoms with van der Waals surface area (Å²) in [6.45, 7) is 1.35. The van der Waals surface area contributed by atoms with E-state index in [9.17, 15) is 0 Å². The Bertz CT molecular complexity index is 155. The molecule has 2 rings (SSSR count). The molecule has 1 aliphatic heterocycles. The summed E-state index contributed by atoms with van der Waals surface area (Å²) in [7, 11) is 2.33. The third kappa shape index (κ3) is 2.25. The van der Waals surface area contributed by atoms with Crippen molar-refractivity contribution < 1.29 is 0 Å². The molecule has 1 heteroatoms. The second-order valence-corrected chi connectivity index (χ2v) is 4.94. The van der Waals surface area contributed by atoms with Crippen molar-refractivity contribution in [1.29, 1.82) is 0 Å². The minimum atomic E-state index is 0.939. The van der Waals surface area contributed by atoms with Gasteiger partial charge < -0.3 is 4.90 Å². The van der Waals surface area contributed by atoms with Crippen molar-refractivity contribution in [3.05, 3.63) is 0 Å². The van der Waals surface area contributed by atoms with Crippen LogP contribution in [0.5, 0.6) is 0 Å². The number of nitrogens with zero attached hydrogens (tertiary/aromatic N) is 1. The average Bonchev–Trinajstić information content (AvgIpc) is 2.07. The molecule has 2 atom stereocenters. The van der Waals surface area contributed by atoms with Gasteiger partial charge in [-0.25, -0.2) is 0 Å².